The average Bonchev–Trinajstić information content (AvgIpc) is 3.69. The van der Waals surface area contributed by atoms with E-state index in [9.17, 15) is 29.4 Å². The van der Waals surface area contributed by atoms with E-state index in [1.54, 1.807) is 24.3 Å². The second-order valence-electron chi connectivity index (χ2n) is 12.0. The van der Waals surface area contributed by atoms with Crippen LogP contribution in [0.4, 0.5) is 15.3 Å². The topological polar surface area (TPSA) is 174 Å². The smallest absolute Gasteiger partial charge is 0.408 e. The molecule has 0 saturated heterocycles. The van der Waals surface area contributed by atoms with Crippen molar-refractivity contribution in [3.8, 4) is 11.1 Å². The van der Waals surface area contributed by atoms with Gasteiger partial charge in [0.2, 0.25) is 11.8 Å². The molecule has 5 rings (SSSR count). The Kier molecular flexibility index (Phi) is 10.5. The van der Waals surface area contributed by atoms with Gasteiger partial charge in [-0.2, -0.15) is 0 Å². The summed E-state index contributed by atoms with van der Waals surface area (Å²) in [6, 6.07) is 19.9. The number of nitrogens with zero attached hydrogens (tertiary/aromatic N) is 1. The van der Waals surface area contributed by atoms with Crippen molar-refractivity contribution in [2.45, 2.75) is 63.1 Å². The van der Waals surface area contributed by atoms with Gasteiger partial charge in [-0.25, -0.2) is 9.59 Å². The van der Waals surface area contributed by atoms with E-state index >= 15 is 0 Å². The Morgan fingerprint density at radius 1 is 0.870 bits per heavy atom. The van der Waals surface area contributed by atoms with Crippen LogP contribution in [0.25, 0.3) is 11.1 Å². The van der Waals surface area contributed by atoms with Gasteiger partial charge in [-0.15, -0.1) is 0 Å². The molecule has 0 unspecified atom stereocenters. The third kappa shape index (κ3) is 7.48. The van der Waals surface area contributed by atoms with E-state index in [-0.39, 0.29) is 38.0 Å². The Morgan fingerprint density at radius 3 is 2.04 bits per heavy atom. The predicted molar refractivity (Wildman–Crippen MR) is 174 cm³/mol. The van der Waals surface area contributed by atoms with Crippen LogP contribution in [0.3, 0.4) is 0 Å². The van der Waals surface area contributed by atoms with Crippen LogP contribution in [0, 0.1) is 5.92 Å². The maximum Gasteiger partial charge on any atom is 0.408 e. The lowest BCUT2D eigenvalue weighted by Crippen LogP contribution is -2.57. The van der Waals surface area contributed by atoms with Gasteiger partial charge in [0.1, 0.15) is 12.1 Å². The molecule has 242 valence electrons. The SMILES string of the molecule is NC(=O)NCCC[C@H](NC(=O)[C@H](C1CCCC1)N(CC1c2ccccc2-c2ccccc21)C(=O)O)C(=O)Nc1ccc(CO)cc1. The third-order valence-electron chi connectivity index (χ3n) is 9.04. The number of rotatable bonds is 13. The number of hydrogen-bond acceptors (Lipinski definition) is 5. The van der Waals surface area contributed by atoms with Crippen LogP contribution >= 0.6 is 0 Å². The lowest BCUT2D eigenvalue weighted by molar-refractivity contribution is -0.131. The summed E-state index contributed by atoms with van der Waals surface area (Å²) < 4.78 is 0. The summed E-state index contributed by atoms with van der Waals surface area (Å²) >= 11 is 0. The fourth-order valence-corrected chi connectivity index (χ4v) is 6.81. The Morgan fingerprint density at radius 2 is 1.48 bits per heavy atom. The summed E-state index contributed by atoms with van der Waals surface area (Å²) in [6.07, 6.45) is 2.53. The highest BCUT2D eigenvalue weighted by atomic mass is 16.4. The number of hydrogen-bond donors (Lipinski definition) is 6. The maximum atomic E-state index is 14.2. The van der Waals surface area contributed by atoms with Crippen LogP contribution < -0.4 is 21.7 Å². The first-order valence-corrected chi connectivity index (χ1v) is 15.8. The minimum atomic E-state index is -1.19. The van der Waals surface area contributed by atoms with Gasteiger partial charge in [0.25, 0.3) is 0 Å². The number of nitrogens with one attached hydrogen (secondary N) is 3. The molecule has 46 heavy (non-hydrogen) atoms. The fourth-order valence-electron chi connectivity index (χ4n) is 6.81. The number of fused-ring (bicyclic) bond motifs is 3. The molecular weight excluding hydrogens is 586 g/mol. The third-order valence-corrected chi connectivity index (χ3v) is 9.04. The van der Waals surface area contributed by atoms with Gasteiger partial charge < -0.3 is 31.9 Å². The Hall–Kier alpha value is -4.90. The van der Waals surface area contributed by atoms with Crippen molar-refractivity contribution in [1.82, 2.24) is 15.5 Å². The summed E-state index contributed by atoms with van der Waals surface area (Å²) in [6.45, 7) is 0.156. The molecule has 1 fully saturated rings. The number of amides is 5. The molecule has 2 atom stereocenters. The van der Waals surface area contributed by atoms with E-state index in [1.165, 1.54) is 4.90 Å². The molecule has 7 N–H and O–H groups in total. The van der Waals surface area contributed by atoms with Crippen LogP contribution in [0.1, 0.15) is 61.1 Å². The first-order valence-electron chi connectivity index (χ1n) is 15.8. The normalized spacial score (nSPS) is 15.3. The molecule has 11 heteroatoms. The van der Waals surface area contributed by atoms with Crippen LogP contribution in [-0.4, -0.2) is 64.2 Å². The number of urea groups is 1. The van der Waals surface area contributed by atoms with E-state index in [0.29, 0.717) is 30.5 Å². The average molecular weight is 628 g/mol. The number of carbonyl (C=O) groups excluding carboxylic acids is 3. The molecule has 0 spiro atoms. The lowest BCUT2D eigenvalue weighted by Gasteiger charge is -2.35. The quantitative estimate of drug-likeness (QED) is 0.153. The molecule has 3 aromatic rings. The van der Waals surface area contributed by atoms with Gasteiger partial charge in [0.05, 0.1) is 6.61 Å². The first-order chi connectivity index (χ1) is 22.3. The van der Waals surface area contributed by atoms with Gasteiger partial charge in [0, 0.05) is 24.7 Å². The van der Waals surface area contributed by atoms with Crippen molar-refractivity contribution in [2.75, 3.05) is 18.4 Å². The summed E-state index contributed by atoms with van der Waals surface area (Å²) in [4.78, 5) is 53.2. The molecule has 0 radical (unpaired) electrons. The molecule has 0 aliphatic heterocycles. The summed E-state index contributed by atoms with van der Waals surface area (Å²) in [5, 5.41) is 28.2. The maximum absolute atomic E-state index is 14.2. The zero-order valence-electron chi connectivity index (χ0n) is 25.7. The minimum absolute atomic E-state index is 0.0918. The zero-order chi connectivity index (χ0) is 32.6. The van der Waals surface area contributed by atoms with Gasteiger partial charge in [-0.05, 0) is 71.6 Å². The van der Waals surface area contributed by atoms with Crippen molar-refractivity contribution in [3.63, 3.8) is 0 Å². The second kappa shape index (κ2) is 14.9. The van der Waals surface area contributed by atoms with Crippen LogP contribution in [0.2, 0.25) is 0 Å². The highest BCUT2D eigenvalue weighted by Gasteiger charge is 2.42. The number of aliphatic hydroxyl groups excluding tert-OH is 1. The molecule has 0 bridgehead atoms. The monoisotopic (exact) mass is 627 g/mol. The van der Waals surface area contributed by atoms with E-state index in [2.05, 4.69) is 16.0 Å². The van der Waals surface area contributed by atoms with Gasteiger partial charge in [-0.1, -0.05) is 73.5 Å². The summed E-state index contributed by atoms with van der Waals surface area (Å²) in [5.41, 5.74) is 10.5. The number of nitrogens with two attached hydrogens (primary N) is 1. The molecule has 11 nitrogen and oxygen atoms in total. The van der Waals surface area contributed by atoms with Crippen molar-refractivity contribution < 1.29 is 29.4 Å². The molecule has 0 aromatic heterocycles. The van der Waals surface area contributed by atoms with Gasteiger partial charge in [0.15, 0.2) is 0 Å². The van der Waals surface area contributed by atoms with Crippen molar-refractivity contribution in [3.05, 3.63) is 89.5 Å². The highest BCUT2D eigenvalue weighted by molar-refractivity contribution is 5.98. The summed E-state index contributed by atoms with van der Waals surface area (Å²) in [7, 11) is 0. The molecule has 1 saturated carbocycles. The zero-order valence-corrected chi connectivity index (χ0v) is 25.7. The highest BCUT2D eigenvalue weighted by Crippen LogP contribution is 2.45. The van der Waals surface area contributed by atoms with E-state index in [4.69, 9.17) is 5.73 Å². The molecular formula is C35H41N5O6. The molecule has 2 aliphatic rings. The van der Waals surface area contributed by atoms with E-state index in [0.717, 1.165) is 35.1 Å². The Bertz CT molecular complexity index is 1510. The number of aliphatic hydroxyl groups is 1. The predicted octanol–water partition coefficient (Wildman–Crippen LogP) is 4.40. The van der Waals surface area contributed by atoms with Crippen LogP contribution in [0.15, 0.2) is 72.8 Å². The number of carboxylic acid groups (broad SMARTS) is 1. The Balaban J connectivity index is 1.40. The standard InChI is InChI=1S/C35H41N5O6/c36-34(44)37-19-7-14-30(32(42)38-24-17-15-22(21-41)16-18-24)39-33(43)31(23-8-1-2-9-23)40(35(45)46)20-29-27-12-5-3-10-25(27)26-11-4-6-13-28(26)29/h3-6,10-13,15-18,23,29-31,41H,1-2,7-9,14,19-21H2,(H,38,42)(H,39,43)(H,45,46)(H3,36,37,44)/t30-,31-/m0/s1. The minimum Gasteiger partial charge on any atom is -0.465 e. The second-order valence-corrected chi connectivity index (χ2v) is 12.0. The number of benzene rings is 3. The Labute approximate surface area is 268 Å². The number of primary amides is 1. The summed E-state index contributed by atoms with van der Waals surface area (Å²) in [5.74, 6) is -1.45. The largest absolute Gasteiger partial charge is 0.465 e. The first kappa shape index (κ1) is 32.5. The van der Waals surface area contributed by atoms with E-state index < -0.39 is 36.0 Å². The fraction of sp³-hybridized carbons (Fsp3) is 0.371. The molecule has 5 amide bonds. The molecule has 0 heterocycles. The van der Waals surface area contributed by atoms with Crippen LogP contribution in [0.5, 0.6) is 0 Å². The molecule has 2 aliphatic carbocycles. The van der Waals surface area contributed by atoms with Gasteiger partial charge in [-0.3, -0.25) is 14.5 Å². The number of carbonyl (C=O) groups is 4. The van der Waals surface area contributed by atoms with Crippen molar-refractivity contribution >= 4 is 29.6 Å². The van der Waals surface area contributed by atoms with Gasteiger partial charge >= 0.3 is 12.1 Å². The van der Waals surface area contributed by atoms with Crippen LogP contribution in [-0.2, 0) is 16.2 Å². The van der Waals surface area contributed by atoms with Crippen molar-refractivity contribution in [1.29, 1.82) is 0 Å². The van der Waals surface area contributed by atoms with E-state index in [1.807, 2.05) is 48.5 Å². The van der Waals surface area contributed by atoms with Crippen molar-refractivity contribution in [2.24, 2.45) is 11.7 Å². The lowest BCUT2D eigenvalue weighted by atomic mass is 9.91. The molecule has 3 aromatic carbocycles. The number of anilines is 1.